The van der Waals surface area contributed by atoms with Gasteiger partial charge in [-0.1, -0.05) is 40.0 Å². The first-order valence-corrected chi connectivity index (χ1v) is 5.83. The van der Waals surface area contributed by atoms with Gasteiger partial charge in [-0.2, -0.15) is 0 Å². The maximum Gasteiger partial charge on any atom is 0.323 e. The van der Waals surface area contributed by atoms with E-state index in [0.717, 1.165) is 12.3 Å². The average Bonchev–Trinajstić information content (AvgIpc) is 2.06. The molecule has 88 valence electrons. The lowest BCUT2D eigenvalue weighted by Crippen LogP contribution is -2.43. The summed E-state index contributed by atoms with van der Waals surface area (Å²) in [5.41, 5.74) is 5.57. The molecule has 0 spiro atoms. The van der Waals surface area contributed by atoms with Gasteiger partial charge in [0.15, 0.2) is 0 Å². The van der Waals surface area contributed by atoms with Gasteiger partial charge < -0.3 is 10.5 Å². The molecule has 1 atom stereocenters. The highest BCUT2D eigenvalue weighted by Gasteiger charge is 2.29. The molecule has 1 rings (SSSR count). The summed E-state index contributed by atoms with van der Waals surface area (Å²) in [6.07, 6.45) is 4.93. The van der Waals surface area contributed by atoms with E-state index in [1.807, 2.05) is 20.8 Å². The summed E-state index contributed by atoms with van der Waals surface area (Å²) >= 11 is 0. The Morgan fingerprint density at radius 2 is 2.07 bits per heavy atom. The monoisotopic (exact) mass is 213 g/mol. The van der Waals surface area contributed by atoms with Crippen LogP contribution in [0.3, 0.4) is 0 Å². The highest BCUT2D eigenvalue weighted by atomic mass is 16.5. The van der Waals surface area contributed by atoms with Crippen molar-refractivity contribution in [3.8, 4) is 0 Å². The average molecular weight is 213 g/mol. The Hall–Kier alpha value is -0.570. The minimum Gasteiger partial charge on any atom is -0.465 e. The predicted octanol–water partition coefficient (Wildman–Crippen LogP) is 2.09. The van der Waals surface area contributed by atoms with Gasteiger partial charge in [0.05, 0.1) is 6.61 Å². The molecule has 0 aromatic rings. The lowest BCUT2D eigenvalue weighted by molar-refractivity contribution is -0.148. The van der Waals surface area contributed by atoms with Gasteiger partial charge in [-0.25, -0.2) is 0 Å². The van der Waals surface area contributed by atoms with Crippen LogP contribution in [-0.4, -0.2) is 18.6 Å². The molecule has 0 bridgehead atoms. The van der Waals surface area contributed by atoms with E-state index in [0.29, 0.717) is 6.61 Å². The largest absolute Gasteiger partial charge is 0.465 e. The Kier molecular flexibility index (Phi) is 4.14. The van der Waals surface area contributed by atoms with Crippen LogP contribution >= 0.6 is 0 Å². The summed E-state index contributed by atoms with van der Waals surface area (Å²) in [5.74, 6) is 0.519. The van der Waals surface area contributed by atoms with Gasteiger partial charge in [0.1, 0.15) is 6.04 Å². The topological polar surface area (TPSA) is 52.3 Å². The normalized spacial score (nSPS) is 19.5. The molecule has 1 unspecified atom stereocenters. The first kappa shape index (κ1) is 12.5. The van der Waals surface area contributed by atoms with Crippen molar-refractivity contribution in [2.75, 3.05) is 6.61 Å². The second kappa shape index (κ2) is 4.97. The first-order valence-electron chi connectivity index (χ1n) is 5.83. The van der Waals surface area contributed by atoms with Gasteiger partial charge in [0.2, 0.25) is 0 Å². The van der Waals surface area contributed by atoms with Crippen LogP contribution in [0.25, 0.3) is 0 Å². The molecule has 2 N–H and O–H groups in total. The predicted molar refractivity (Wildman–Crippen MR) is 60.3 cm³/mol. The lowest BCUT2D eigenvalue weighted by atomic mass is 9.83. The van der Waals surface area contributed by atoms with Crippen LogP contribution in [0.4, 0.5) is 0 Å². The smallest absolute Gasteiger partial charge is 0.323 e. The molecule has 0 heterocycles. The molecule has 0 aromatic carbocycles. The van der Waals surface area contributed by atoms with Crippen molar-refractivity contribution in [1.82, 2.24) is 0 Å². The third-order valence-electron chi connectivity index (χ3n) is 3.18. The summed E-state index contributed by atoms with van der Waals surface area (Å²) < 4.78 is 5.17. The zero-order chi connectivity index (χ0) is 11.5. The number of nitrogens with two attached hydrogens (primary N) is 1. The van der Waals surface area contributed by atoms with E-state index in [1.165, 1.54) is 19.3 Å². The summed E-state index contributed by atoms with van der Waals surface area (Å²) in [6.45, 7) is 6.38. The highest BCUT2D eigenvalue weighted by molar-refractivity contribution is 5.76. The van der Waals surface area contributed by atoms with E-state index in [2.05, 4.69) is 0 Å². The van der Waals surface area contributed by atoms with Gasteiger partial charge in [-0.15, -0.1) is 0 Å². The lowest BCUT2D eigenvalue weighted by Gasteiger charge is -2.27. The molecule has 1 saturated carbocycles. The molecule has 1 aliphatic rings. The van der Waals surface area contributed by atoms with Crippen LogP contribution < -0.4 is 5.73 Å². The van der Waals surface area contributed by atoms with Crippen molar-refractivity contribution < 1.29 is 9.53 Å². The summed E-state index contributed by atoms with van der Waals surface area (Å²) in [4.78, 5) is 11.5. The van der Waals surface area contributed by atoms with E-state index in [-0.39, 0.29) is 11.4 Å². The van der Waals surface area contributed by atoms with Crippen LogP contribution in [0.1, 0.15) is 46.5 Å². The Bertz CT molecular complexity index is 216. The van der Waals surface area contributed by atoms with Gasteiger partial charge >= 0.3 is 5.97 Å². The molecule has 3 heteroatoms. The van der Waals surface area contributed by atoms with Gasteiger partial charge in [0, 0.05) is 0 Å². The minimum atomic E-state index is -0.515. The first-order chi connectivity index (χ1) is 6.91. The van der Waals surface area contributed by atoms with Crippen molar-refractivity contribution in [1.29, 1.82) is 0 Å². The van der Waals surface area contributed by atoms with Crippen LogP contribution in [0.15, 0.2) is 0 Å². The van der Waals surface area contributed by atoms with Crippen LogP contribution in [0.5, 0.6) is 0 Å². The molecule has 1 aliphatic carbocycles. The van der Waals surface area contributed by atoms with Crippen LogP contribution in [-0.2, 0) is 9.53 Å². The van der Waals surface area contributed by atoms with E-state index < -0.39 is 6.04 Å². The number of ether oxygens (including phenoxy) is 1. The summed E-state index contributed by atoms with van der Waals surface area (Å²) in [5, 5.41) is 0. The zero-order valence-electron chi connectivity index (χ0n) is 10.1. The van der Waals surface area contributed by atoms with E-state index in [4.69, 9.17) is 10.5 Å². The molecule has 3 nitrogen and oxygen atoms in total. The standard InChI is InChI=1S/C12H23NO2/c1-12(2,3)10(13)11(14)15-8-7-9-5-4-6-9/h9-10H,4-8,13H2,1-3H3. The minimum absolute atomic E-state index is 0.215. The van der Waals surface area contributed by atoms with Crippen molar-refractivity contribution in [2.45, 2.75) is 52.5 Å². The Balaban J connectivity index is 2.17. The Morgan fingerprint density at radius 3 is 2.47 bits per heavy atom. The zero-order valence-corrected chi connectivity index (χ0v) is 10.1. The summed E-state index contributed by atoms with van der Waals surface area (Å²) in [6, 6.07) is -0.515. The number of carbonyl (C=O) groups is 1. The molecular weight excluding hydrogens is 190 g/mol. The van der Waals surface area contributed by atoms with Crippen molar-refractivity contribution in [3.05, 3.63) is 0 Å². The number of hydrogen-bond donors (Lipinski definition) is 1. The molecule has 0 amide bonds. The third-order valence-corrected chi connectivity index (χ3v) is 3.18. The molecule has 15 heavy (non-hydrogen) atoms. The van der Waals surface area contributed by atoms with Gasteiger partial charge in [0.25, 0.3) is 0 Å². The summed E-state index contributed by atoms with van der Waals surface area (Å²) in [7, 11) is 0. The van der Waals surface area contributed by atoms with Crippen LogP contribution in [0, 0.1) is 11.3 Å². The maximum absolute atomic E-state index is 11.5. The molecule has 0 aliphatic heterocycles. The fraction of sp³-hybridized carbons (Fsp3) is 0.917. The molecular formula is C12H23NO2. The number of hydrogen-bond acceptors (Lipinski definition) is 3. The fourth-order valence-corrected chi connectivity index (χ4v) is 1.55. The Labute approximate surface area is 92.4 Å². The van der Waals surface area contributed by atoms with Crippen molar-refractivity contribution in [3.63, 3.8) is 0 Å². The van der Waals surface area contributed by atoms with E-state index >= 15 is 0 Å². The third kappa shape index (κ3) is 3.82. The number of esters is 1. The number of carbonyl (C=O) groups excluding carboxylic acids is 1. The second-order valence-electron chi connectivity index (χ2n) is 5.60. The van der Waals surface area contributed by atoms with Crippen molar-refractivity contribution in [2.24, 2.45) is 17.1 Å². The van der Waals surface area contributed by atoms with Gasteiger partial charge in [-0.05, 0) is 17.8 Å². The molecule has 1 fully saturated rings. The quantitative estimate of drug-likeness (QED) is 0.727. The number of rotatable bonds is 4. The fourth-order valence-electron chi connectivity index (χ4n) is 1.55. The van der Waals surface area contributed by atoms with Crippen molar-refractivity contribution >= 4 is 5.97 Å². The highest BCUT2D eigenvalue weighted by Crippen LogP contribution is 2.29. The maximum atomic E-state index is 11.5. The molecule has 0 radical (unpaired) electrons. The van der Waals surface area contributed by atoms with E-state index in [1.54, 1.807) is 0 Å². The van der Waals surface area contributed by atoms with E-state index in [9.17, 15) is 4.79 Å². The molecule has 0 aromatic heterocycles. The SMILES string of the molecule is CC(C)(C)C(N)C(=O)OCCC1CCC1. The van der Waals surface area contributed by atoms with Crippen LogP contribution in [0.2, 0.25) is 0 Å². The Morgan fingerprint density at radius 1 is 1.47 bits per heavy atom. The second-order valence-corrected chi connectivity index (χ2v) is 5.60. The van der Waals surface area contributed by atoms with Gasteiger partial charge in [-0.3, -0.25) is 4.79 Å². The molecule has 0 saturated heterocycles.